The molecule has 9 nitrogen and oxygen atoms in total. The minimum Gasteiger partial charge on any atom is -0.315 e. The van der Waals surface area contributed by atoms with Gasteiger partial charge in [0.25, 0.3) is 5.69 Å². The maximum Gasteiger partial charge on any atom is 0.289 e. The molecule has 0 amide bonds. The second-order valence-electron chi connectivity index (χ2n) is 6.09. The van der Waals surface area contributed by atoms with E-state index in [-0.39, 0.29) is 23.4 Å². The van der Waals surface area contributed by atoms with Crippen LogP contribution in [0.25, 0.3) is 0 Å². The van der Waals surface area contributed by atoms with Gasteiger partial charge >= 0.3 is 0 Å². The highest BCUT2D eigenvalue weighted by Crippen LogP contribution is 2.26. The van der Waals surface area contributed by atoms with E-state index in [0.29, 0.717) is 19.8 Å². The molecule has 2 heterocycles. The topological polar surface area (TPSA) is 107 Å². The number of para-hydroxylation sites is 1. The fourth-order valence-electron chi connectivity index (χ4n) is 2.97. The summed E-state index contributed by atoms with van der Waals surface area (Å²) >= 11 is 0. The number of pyridine rings is 1. The molecule has 0 radical (unpaired) electrons. The van der Waals surface area contributed by atoms with Gasteiger partial charge in [-0.25, -0.2) is 8.42 Å². The first-order valence-electron chi connectivity index (χ1n) is 8.11. The minimum atomic E-state index is -3.91. The molecule has 1 fully saturated rings. The van der Waals surface area contributed by atoms with Gasteiger partial charge in [0, 0.05) is 30.6 Å². The van der Waals surface area contributed by atoms with E-state index in [0.717, 1.165) is 0 Å². The number of rotatable bonds is 5. The van der Waals surface area contributed by atoms with Crippen molar-refractivity contribution in [1.29, 1.82) is 0 Å². The summed E-state index contributed by atoms with van der Waals surface area (Å²) in [4.78, 5) is 22.5. The first kappa shape index (κ1) is 18.2. The van der Waals surface area contributed by atoms with E-state index in [1.807, 2.05) is 4.57 Å². The van der Waals surface area contributed by atoms with E-state index in [1.165, 1.54) is 45.6 Å². The monoisotopic (exact) mass is 379 g/mol. The van der Waals surface area contributed by atoms with Gasteiger partial charge in [-0.05, 0) is 6.07 Å². The van der Waals surface area contributed by atoms with Crippen LogP contribution in [0.2, 0.25) is 0 Å². The summed E-state index contributed by atoms with van der Waals surface area (Å²) in [5, 5.41) is 11.1. The number of hydrogen-bond acceptors (Lipinski definition) is 5. The van der Waals surface area contributed by atoms with Gasteiger partial charge < -0.3 is 9.47 Å². The minimum absolute atomic E-state index is 0.0587. The van der Waals surface area contributed by atoms with Gasteiger partial charge in [-0.1, -0.05) is 12.1 Å². The number of benzene rings is 1. The molecule has 26 heavy (non-hydrogen) atoms. The van der Waals surface area contributed by atoms with Gasteiger partial charge in [0.15, 0.2) is 17.0 Å². The molecule has 0 spiro atoms. The Bertz CT molecular complexity index is 944. The molecule has 2 aromatic rings. The highest BCUT2D eigenvalue weighted by atomic mass is 32.2. The summed E-state index contributed by atoms with van der Waals surface area (Å²) in [6, 6.07) is 8.36. The molecule has 1 aromatic heterocycles. The zero-order chi connectivity index (χ0) is 18.7. The van der Waals surface area contributed by atoms with E-state index in [1.54, 1.807) is 12.4 Å². The number of nitro benzene ring substituents is 1. The number of nitrogens with zero attached hydrogens (tertiary/aromatic N) is 3. The highest BCUT2D eigenvalue weighted by molar-refractivity contribution is 7.89. The molecule has 1 aliphatic heterocycles. The maximum atomic E-state index is 12.8. The predicted molar refractivity (Wildman–Crippen MR) is 93.3 cm³/mol. The number of hydrogen-bond donors (Lipinski definition) is 1. The van der Waals surface area contributed by atoms with Crippen LogP contribution in [0.15, 0.2) is 58.5 Å². The fourth-order valence-corrected chi connectivity index (χ4v) is 4.57. The molecule has 0 unspecified atom stereocenters. The SMILES string of the molecule is O=c1ccn(C[NH+]2CCN(S(=O)(=O)c3ccccc3[N+](=O)[O-])CC2)cc1. The quantitative estimate of drug-likeness (QED) is 0.546. The lowest BCUT2D eigenvalue weighted by atomic mass is 10.3. The lowest BCUT2D eigenvalue weighted by Gasteiger charge is -2.31. The van der Waals surface area contributed by atoms with Crippen molar-refractivity contribution in [3.05, 3.63) is 69.1 Å². The second-order valence-corrected chi connectivity index (χ2v) is 7.99. The standard InChI is InChI=1S/C16H18N4O5S/c21-14-5-7-17(8-6-14)13-18-9-11-19(12-10-18)26(24,25)16-4-2-1-3-15(16)20(22)23/h1-8H,9-13H2/p+1. The average molecular weight is 379 g/mol. The Kier molecular flexibility index (Phi) is 5.16. The Morgan fingerprint density at radius 3 is 2.31 bits per heavy atom. The zero-order valence-corrected chi connectivity index (χ0v) is 14.8. The van der Waals surface area contributed by atoms with Gasteiger partial charge in [0.1, 0.15) is 0 Å². The second kappa shape index (κ2) is 7.36. The molecule has 10 heteroatoms. The molecule has 3 rings (SSSR count). The van der Waals surface area contributed by atoms with Crippen molar-refractivity contribution < 1.29 is 18.2 Å². The molecule has 138 valence electrons. The molecule has 0 aliphatic carbocycles. The Labute approximate surface area is 150 Å². The van der Waals surface area contributed by atoms with Crippen LogP contribution in [-0.4, -0.2) is 48.4 Å². The summed E-state index contributed by atoms with van der Waals surface area (Å²) in [6.45, 7) is 2.34. The number of piperazine rings is 1. The summed E-state index contributed by atoms with van der Waals surface area (Å²) in [6.07, 6.45) is 3.40. The van der Waals surface area contributed by atoms with Gasteiger partial charge in [0.2, 0.25) is 10.0 Å². The van der Waals surface area contributed by atoms with Crippen molar-refractivity contribution in [2.75, 3.05) is 26.2 Å². The van der Waals surface area contributed by atoms with Gasteiger partial charge in [0.05, 0.1) is 31.1 Å². The third-order valence-corrected chi connectivity index (χ3v) is 6.32. The molecule has 0 bridgehead atoms. The molecule has 1 N–H and O–H groups in total. The molecule has 0 atom stereocenters. The van der Waals surface area contributed by atoms with Crippen molar-refractivity contribution in [1.82, 2.24) is 8.87 Å². The summed E-state index contributed by atoms with van der Waals surface area (Å²) < 4.78 is 28.7. The van der Waals surface area contributed by atoms with Crippen molar-refractivity contribution in [2.45, 2.75) is 11.6 Å². The Hall–Kier alpha value is -2.56. The Morgan fingerprint density at radius 1 is 1.08 bits per heavy atom. The van der Waals surface area contributed by atoms with Crippen molar-refractivity contribution >= 4 is 15.7 Å². The van der Waals surface area contributed by atoms with Gasteiger partial charge in [-0.15, -0.1) is 0 Å². The molecule has 1 saturated heterocycles. The maximum absolute atomic E-state index is 12.8. The molecular formula is C16H19N4O5S+. The average Bonchev–Trinajstić information content (AvgIpc) is 2.64. The lowest BCUT2D eigenvalue weighted by molar-refractivity contribution is -0.926. The lowest BCUT2D eigenvalue weighted by Crippen LogP contribution is -3.14. The molecule has 1 aliphatic rings. The van der Waals surface area contributed by atoms with Crippen LogP contribution in [0.4, 0.5) is 5.69 Å². The largest absolute Gasteiger partial charge is 0.315 e. The van der Waals surface area contributed by atoms with Crippen LogP contribution >= 0.6 is 0 Å². The fraction of sp³-hybridized carbons (Fsp3) is 0.312. The van der Waals surface area contributed by atoms with Crippen LogP contribution in [0.3, 0.4) is 0 Å². The van der Waals surface area contributed by atoms with Crippen LogP contribution in [-0.2, 0) is 16.7 Å². The van der Waals surface area contributed by atoms with E-state index in [2.05, 4.69) is 0 Å². The van der Waals surface area contributed by atoms with Crippen LogP contribution < -0.4 is 10.3 Å². The Morgan fingerprint density at radius 2 is 1.69 bits per heavy atom. The first-order chi connectivity index (χ1) is 12.4. The van der Waals surface area contributed by atoms with Crippen molar-refractivity contribution in [3.63, 3.8) is 0 Å². The van der Waals surface area contributed by atoms with E-state index in [4.69, 9.17) is 0 Å². The third-order valence-electron chi connectivity index (χ3n) is 4.38. The van der Waals surface area contributed by atoms with Crippen LogP contribution in [0.5, 0.6) is 0 Å². The highest BCUT2D eigenvalue weighted by Gasteiger charge is 2.34. The van der Waals surface area contributed by atoms with E-state index >= 15 is 0 Å². The normalized spacial score (nSPS) is 16.5. The van der Waals surface area contributed by atoms with E-state index in [9.17, 15) is 23.3 Å². The number of nitrogens with one attached hydrogen (secondary N) is 1. The molecular weight excluding hydrogens is 360 g/mol. The van der Waals surface area contributed by atoms with Gasteiger partial charge in [-0.3, -0.25) is 14.9 Å². The number of nitro groups is 1. The smallest absolute Gasteiger partial charge is 0.289 e. The summed E-state index contributed by atoms with van der Waals surface area (Å²) in [5.74, 6) is 0. The van der Waals surface area contributed by atoms with Crippen molar-refractivity contribution in [3.8, 4) is 0 Å². The zero-order valence-electron chi connectivity index (χ0n) is 13.9. The van der Waals surface area contributed by atoms with Crippen LogP contribution in [0.1, 0.15) is 0 Å². The van der Waals surface area contributed by atoms with Crippen molar-refractivity contribution in [2.24, 2.45) is 0 Å². The number of aromatic nitrogens is 1. The Balaban J connectivity index is 1.70. The number of quaternary nitrogens is 1. The first-order valence-corrected chi connectivity index (χ1v) is 9.55. The molecule has 0 saturated carbocycles. The van der Waals surface area contributed by atoms with Crippen LogP contribution in [0, 0.1) is 10.1 Å². The molecule has 1 aromatic carbocycles. The summed E-state index contributed by atoms with van der Waals surface area (Å²) in [7, 11) is -3.91. The third kappa shape index (κ3) is 3.82. The summed E-state index contributed by atoms with van der Waals surface area (Å²) in [5.41, 5.74) is -0.466. The number of sulfonamides is 1. The van der Waals surface area contributed by atoms with Gasteiger partial charge in [-0.2, -0.15) is 4.31 Å². The van der Waals surface area contributed by atoms with E-state index < -0.39 is 20.6 Å². The predicted octanol–water partition coefficient (Wildman–Crippen LogP) is -0.697.